The fourth-order valence-corrected chi connectivity index (χ4v) is 6.97. The number of anilines is 1. The van der Waals surface area contributed by atoms with Crippen LogP contribution < -0.4 is 14.4 Å². The summed E-state index contributed by atoms with van der Waals surface area (Å²) < 4.78 is 35.1. The van der Waals surface area contributed by atoms with Crippen molar-refractivity contribution in [2.45, 2.75) is 71.8 Å². The van der Waals surface area contributed by atoms with E-state index in [0.29, 0.717) is 36.6 Å². The zero-order valence-electron chi connectivity index (χ0n) is 25.1. The van der Waals surface area contributed by atoms with Gasteiger partial charge in [-0.25, -0.2) is 22.8 Å². The van der Waals surface area contributed by atoms with Gasteiger partial charge in [0.25, 0.3) is 15.9 Å². The largest absolute Gasteiger partial charge is 0.477 e. The molecule has 1 amide bonds. The molecule has 0 radical (unpaired) electrons. The number of ether oxygens (including phenoxy) is 1. The summed E-state index contributed by atoms with van der Waals surface area (Å²) in [4.78, 5) is 20.3. The zero-order valence-corrected chi connectivity index (χ0v) is 25.9. The van der Waals surface area contributed by atoms with Crippen LogP contribution in [0.15, 0.2) is 60.2 Å². The van der Waals surface area contributed by atoms with Gasteiger partial charge in [0.2, 0.25) is 5.88 Å². The van der Waals surface area contributed by atoms with Crippen molar-refractivity contribution in [2.75, 3.05) is 18.1 Å². The highest BCUT2D eigenvalue weighted by Crippen LogP contribution is 2.50. The number of carbonyl (C=O) groups is 1. The van der Waals surface area contributed by atoms with Crippen LogP contribution in [0.25, 0.3) is 5.82 Å². The van der Waals surface area contributed by atoms with Gasteiger partial charge in [-0.2, -0.15) is 0 Å². The first kappa shape index (κ1) is 30.1. The van der Waals surface area contributed by atoms with E-state index in [4.69, 9.17) is 9.72 Å². The Bertz CT molecular complexity index is 1460. The molecule has 2 aromatic rings. The molecule has 3 aliphatic rings. The minimum absolute atomic E-state index is 0.192. The second-order valence-corrected chi connectivity index (χ2v) is 14.1. The van der Waals surface area contributed by atoms with E-state index in [1.54, 1.807) is 41.2 Å². The summed E-state index contributed by atoms with van der Waals surface area (Å²) in [5, 5.41) is 5.57. The van der Waals surface area contributed by atoms with Crippen molar-refractivity contribution < 1.29 is 17.9 Å². The summed E-state index contributed by atoms with van der Waals surface area (Å²) in [5.74, 6) is 3.72. The van der Waals surface area contributed by atoms with E-state index in [1.807, 2.05) is 19.1 Å². The van der Waals surface area contributed by atoms with E-state index < -0.39 is 15.9 Å². The molecule has 0 bridgehead atoms. The lowest BCUT2D eigenvalue weighted by Gasteiger charge is -2.34. The predicted molar refractivity (Wildman–Crippen MR) is 165 cm³/mol. The van der Waals surface area contributed by atoms with Gasteiger partial charge in [0, 0.05) is 24.3 Å². The van der Waals surface area contributed by atoms with Crippen molar-refractivity contribution in [3.63, 3.8) is 0 Å². The molecule has 2 saturated carbocycles. The molecule has 2 aromatic heterocycles. The monoisotopic (exact) mass is 593 g/mol. The van der Waals surface area contributed by atoms with Crippen LogP contribution >= 0.6 is 0 Å². The molecule has 3 fully saturated rings. The molecule has 9 nitrogen and oxygen atoms in total. The lowest BCUT2D eigenvalue weighted by atomic mass is 9.95. The van der Waals surface area contributed by atoms with Gasteiger partial charge in [-0.1, -0.05) is 31.2 Å². The van der Waals surface area contributed by atoms with Crippen LogP contribution in [0.5, 0.6) is 5.88 Å². The summed E-state index contributed by atoms with van der Waals surface area (Å²) in [5.41, 5.74) is -0.0775. The van der Waals surface area contributed by atoms with Crippen molar-refractivity contribution in [3.05, 3.63) is 65.7 Å². The standard InChI is InChI=1S/C32H43N5O4S/c1-5-6-7-8-9-20-42(39,40)35-31(38)27-14-15-28(33-30(27)36-22-23(2)21-32(36,3)4)37-18-16-29(34-37)41-19-17-26(24-10-11-24)25-12-13-25/h5-9,14-16,18,20,23-26H,10-13,17,19,21-22H2,1-4H3,(H,35,38)/b6-5-,8-7-,20-9+/t23-/m0/s1. The molecule has 1 saturated heterocycles. The zero-order chi connectivity index (χ0) is 29.9. The normalized spacial score (nSPS) is 20.9. The van der Waals surface area contributed by atoms with E-state index in [9.17, 15) is 13.2 Å². The van der Waals surface area contributed by atoms with E-state index in [-0.39, 0.29) is 11.1 Å². The van der Waals surface area contributed by atoms with E-state index in [0.717, 1.165) is 36.0 Å². The first-order valence-electron chi connectivity index (χ1n) is 15.1. The molecule has 10 heteroatoms. The van der Waals surface area contributed by atoms with Crippen LogP contribution in [0.2, 0.25) is 0 Å². The maximum absolute atomic E-state index is 13.3. The smallest absolute Gasteiger partial charge is 0.268 e. The van der Waals surface area contributed by atoms with Crippen LogP contribution in [0.4, 0.5) is 5.82 Å². The molecule has 42 heavy (non-hydrogen) atoms. The maximum atomic E-state index is 13.3. The molecule has 0 spiro atoms. The van der Waals surface area contributed by atoms with Gasteiger partial charge < -0.3 is 9.64 Å². The average Bonchev–Trinajstić information content (AvgIpc) is 3.87. The summed E-state index contributed by atoms with van der Waals surface area (Å²) in [6, 6.07) is 5.13. The number of aromatic nitrogens is 3. The Morgan fingerprint density at radius 3 is 2.48 bits per heavy atom. The molecule has 3 heterocycles. The van der Waals surface area contributed by atoms with Gasteiger partial charge in [-0.3, -0.25) is 4.79 Å². The number of nitrogens with zero attached hydrogens (tertiary/aromatic N) is 4. The van der Waals surface area contributed by atoms with Crippen LogP contribution in [0, 0.1) is 23.7 Å². The number of hydrogen-bond donors (Lipinski definition) is 1. The van der Waals surface area contributed by atoms with Gasteiger partial charge in [0.15, 0.2) is 5.82 Å². The van der Waals surface area contributed by atoms with E-state index in [2.05, 4.69) is 35.5 Å². The number of pyridine rings is 1. The number of allylic oxidation sites excluding steroid dienone is 5. The van der Waals surface area contributed by atoms with Crippen LogP contribution in [-0.2, 0) is 10.0 Å². The highest BCUT2D eigenvalue weighted by molar-refractivity contribution is 7.92. The Hall–Kier alpha value is -3.40. The quantitative estimate of drug-likeness (QED) is 0.293. The minimum atomic E-state index is -4.01. The first-order valence-corrected chi connectivity index (χ1v) is 16.6. The SMILES string of the molecule is C\C=C/C=C\C=C\S(=O)(=O)NC(=O)c1ccc(-n2ccc(OCCC(C3CC3)C3CC3)n2)nc1N1C[C@@H](C)CC1(C)C. The lowest BCUT2D eigenvalue weighted by Crippen LogP contribution is -2.41. The number of amides is 1. The summed E-state index contributed by atoms with van der Waals surface area (Å²) in [6.07, 6.45) is 17.5. The number of sulfonamides is 1. The van der Waals surface area contributed by atoms with Crippen molar-refractivity contribution >= 4 is 21.7 Å². The minimum Gasteiger partial charge on any atom is -0.477 e. The second-order valence-electron chi connectivity index (χ2n) is 12.6. The Balaban J connectivity index is 1.34. The lowest BCUT2D eigenvalue weighted by molar-refractivity contribution is 0.0982. The first-order chi connectivity index (χ1) is 20.1. The molecular weight excluding hydrogens is 550 g/mol. The summed E-state index contributed by atoms with van der Waals surface area (Å²) in [7, 11) is -4.01. The molecule has 0 unspecified atom stereocenters. The van der Waals surface area contributed by atoms with Gasteiger partial charge >= 0.3 is 0 Å². The maximum Gasteiger partial charge on any atom is 0.268 e. The number of nitrogens with one attached hydrogen (secondary N) is 1. The number of carbonyl (C=O) groups excluding carboxylic acids is 1. The Labute approximate surface area is 249 Å². The summed E-state index contributed by atoms with van der Waals surface area (Å²) >= 11 is 0. The third-order valence-electron chi connectivity index (χ3n) is 8.41. The van der Waals surface area contributed by atoms with Crippen molar-refractivity contribution in [3.8, 4) is 11.7 Å². The van der Waals surface area contributed by atoms with Crippen molar-refractivity contribution in [1.82, 2.24) is 19.5 Å². The molecule has 1 atom stereocenters. The predicted octanol–water partition coefficient (Wildman–Crippen LogP) is 5.80. The van der Waals surface area contributed by atoms with Gasteiger partial charge in [-0.15, -0.1) is 5.10 Å². The fourth-order valence-electron chi connectivity index (χ4n) is 6.23. The highest BCUT2D eigenvalue weighted by atomic mass is 32.2. The van der Waals surface area contributed by atoms with Crippen LogP contribution in [0.3, 0.4) is 0 Å². The highest BCUT2D eigenvalue weighted by Gasteiger charge is 2.41. The Morgan fingerprint density at radius 1 is 1.12 bits per heavy atom. The third-order valence-corrected chi connectivity index (χ3v) is 9.39. The van der Waals surface area contributed by atoms with Crippen LogP contribution in [0.1, 0.15) is 76.6 Å². The Morgan fingerprint density at radius 2 is 1.83 bits per heavy atom. The second kappa shape index (κ2) is 12.5. The molecule has 1 aliphatic heterocycles. The summed E-state index contributed by atoms with van der Waals surface area (Å²) in [6.45, 7) is 9.60. The molecule has 0 aromatic carbocycles. The number of hydrogen-bond acceptors (Lipinski definition) is 7. The average molecular weight is 594 g/mol. The topological polar surface area (TPSA) is 106 Å². The van der Waals surface area contributed by atoms with Crippen molar-refractivity contribution in [2.24, 2.45) is 23.7 Å². The van der Waals surface area contributed by atoms with Crippen LogP contribution in [-0.4, -0.2) is 47.8 Å². The molecular formula is C32H43N5O4S. The fraction of sp³-hybridized carbons (Fsp3) is 0.531. The van der Waals surface area contributed by atoms with Gasteiger partial charge in [-0.05, 0) is 101 Å². The molecule has 5 rings (SSSR count). The van der Waals surface area contributed by atoms with Crippen molar-refractivity contribution in [1.29, 1.82) is 0 Å². The Kier molecular flexibility index (Phi) is 8.92. The van der Waals surface area contributed by atoms with E-state index >= 15 is 0 Å². The molecule has 2 aliphatic carbocycles. The number of rotatable bonds is 13. The molecule has 1 N–H and O–H groups in total. The van der Waals surface area contributed by atoms with Gasteiger partial charge in [0.1, 0.15) is 5.82 Å². The van der Waals surface area contributed by atoms with Gasteiger partial charge in [0.05, 0.1) is 17.6 Å². The third kappa shape index (κ3) is 7.51. The van der Waals surface area contributed by atoms with E-state index in [1.165, 1.54) is 31.8 Å². The molecule has 226 valence electrons.